The van der Waals surface area contributed by atoms with Gasteiger partial charge in [-0.2, -0.15) is 8.42 Å². The van der Waals surface area contributed by atoms with Crippen molar-refractivity contribution in [2.24, 2.45) is 0 Å². The molecule has 2 rings (SSSR count). The number of aromatic nitrogens is 1. The van der Waals surface area contributed by atoms with Crippen LogP contribution in [0.25, 0.3) is 0 Å². The number of hydrogen-bond acceptors (Lipinski definition) is 5. The Hall–Kier alpha value is -2.15. The second kappa shape index (κ2) is 4.85. The Morgan fingerprint density at radius 2 is 1.84 bits per heavy atom. The fourth-order valence-corrected chi connectivity index (χ4v) is 2.09. The molecule has 0 fully saturated rings. The Morgan fingerprint density at radius 1 is 1.21 bits per heavy atom. The summed E-state index contributed by atoms with van der Waals surface area (Å²) in [7, 11) is -3.84. The van der Waals surface area contributed by atoms with Gasteiger partial charge in [-0.05, 0) is 5.56 Å². The van der Waals surface area contributed by atoms with Gasteiger partial charge in [0.1, 0.15) is 0 Å². The predicted octanol–water partition coefficient (Wildman–Crippen LogP) is 0.878. The largest absolute Gasteiger partial charge is 0.492 e. The zero-order valence-corrected chi connectivity index (χ0v) is 11.0. The van der Waals surface area contributed by atoms with Gasteiger partial charge in [-0.1, -0.05) is 35.1 Å². The number of rotatable bonds is 4. The Kier molecular flexibility index (Phi) is 3.39. The molecule has 0 radical (unpaired) electrons. The Morgan fingerprint density at radius 3 is 2.42 bits per heavy atom. The van der Waals surface area contributed by atoms with Gasteiger partial charge in [0, 0.05) is 18.1 Å². The summed E-state index contributed by atoms with van der Waals surface area (Å²) < 4.78 is 27.0. The van der Waals surface area contributed by atoms with Gasteiger partial charge in [0.05, 0.1) is 6.26 Å². The number of aromatic hydroxyl groups is 2. The van der Waals surface area contributed by atoms with Crippen molar-refractivity contribution in [1.29, 1.82) is 0 Å². The molecule has 102 valence electrons. The standard InChI is InChI=1S/C12H13NO5S/c1-19(16,17)18-13-11(14)8-10(12(13)15)7-9-5-3-2-4-6-9/h2-6,8,14-15H,7H2,1H3. The van der Waals surface area contributed by atoms with Crippen molar-refractivity contribution in [2.75, 3.05) is 6.26 Å². The lowest BCUT2D eigenvalue weighted by Gasteiger charge is -2.05. The van der Waals surface area contributed by atoms with E-state index in [-0.39, 0.29) is 0 Å². The molecule has 1 aromatic carbocycles. The highest BCUT2D eigenvalue weighted by molar-refractivity contribution is 7.86. The van der Waals surface area contributed by atoms with Crippen molar-refractivity contribution in [1.82, 2.24) is 4.73 Å². The van der Waals surface area contributed by atoms with E-state index in [1.54, 1.807) is 0 Å². The Balaban J connectivity index is 2.31. The number of nitrogens with zero attached hydrogens (tertiary/aromatic N) is 1. The van der Waals surface area contributed by atoms with E-state index in [1.807, 2.05) is 30.3 Å². The molecular weight excluding hydrogens is 270 g/mol. The van der Waals surface area contributed by atoms with Crippen LogP contribution in [0.1, 0.15) is 11.1 Å². The summed E-state index contributed by atoms with van der Waals surface area (Å²) in [5, 5.41) is 19.4. The van der Waals surface area contributed by atoms with Crippen LogP contribution in [0.2, 0.25) is 0 Å². The number of benzene rings is 1. The van der Waals surface area contributed by atoms with Crippen molar-refractivity contribution < 1.29 is 22.9 Å². The minimum absolute atomic E-state index is 0.348. The van der Waals surface area contributed by atoms with Crippen LogP contribution in [-0.2, 0) is 16.5 Å². The molecule has 0 atom stereocenters. The first-order valence-corrected chi connectivity index (χ1v) is 7.25. The fourth-order valence-electron chi connectivity index (χ4n) is 1.67. The fraction of sp³-hybridized carbons (Fsp3) is 0.167. The highest BCUT2D eigenvalue weighted by Crippen LogP contribution is 2.28. The Labute approximate surface area is 110 Å². The molecule has 1 aromatic heterocycles. The van der Waals surface area contributed by atoms with Gasteiger partial charge in [-0.3, -0.25) is 4.28 Å². The van der Waals surface area contributed by atoms with E-state index in [1.165, 1.54) is 6.07 Å². The van der Waals surface area contributed by atoms with E-state index < -0.39 is 21.9 Å². The van der Waals surface area contributed by atoms with Gasteiger partial charge in [-0.15, -0.1) is 0 Å². The lowest BCUT2D eigenvalue weighted by atomic mass is 10.1. The predicted molar refractivity (Wildman–Crippen MR) is 68.4 cm³/mol. The first kappa shape index (κ1) is 13.3. The summed E-state index contributed by atoms with van der Waals surface area (Å²) in [5.41, 5.74) is 1.28. The third kappa shape index (κ3) is 3.19. The molecule has 0 saturated heterocycles. The van der Waals surface area contributed by atoms with Crippen LogP contribution in [0.5, 0.6) is 11.8 Å². The van der Waals surface area contributed by atoms with Crippen molar-refractivity contribution in [3.8, 4) is 11.8 Å². The van der Waals surface area contributed by atoms with Crippen LogP contribution >= 0.6 is 0 Å². The second-order valence-electron chi connectivity index (χ2n) is 4.09. The number of hydrogen-bond donors (Lipinski definition) is 2. The molecule has 2 N–H and O–H groups in total. The van der Waals surface area contributed by atoms with Gasteiger partial charge in [-0.25, -0.2) is 0 Å². The molecule has 6 nitrogen and oxygen atoms in total. The maximum atomic E-state index is 11.0. The summed E-state index contributed by atoms with van der Waals surface area (Å²) in [6.07, 6.45) is 1.17. The highest BCUT2D eigenvalue weighted by atomic mass is 32.2. The van der Waals surface area contributed by atoms with Crippen LogP contribution < -0.4 is 4.28 Å². The van der Waals surface area contributed by atoms with E-state index in [0.717, 1.165) is 11.8 Å². The molecule has 0 aliphatic rings. The van der Waals surface area contributed by atoms with Crippen molar-refractivity contribution in [3.05, 3.63) is 47.5 Å². The van der Waals surface area contributed by atoms with Crippen LogP contribution in [0.3, 0.4) is 0 Å². The van der Waals surface area contributed by atoms with Crippen LogP contribution in [0.4, 0.5) is 0 Å². The van der Waals surface area contributed by atoms with Crippen LogP contribution in [0, 0.1) is 0 Å². The lowest BCUT2D eigenvalue weighted by molar-refractivity contribution is 0.204. The van der Waals surface area contributed by atoms with Crippen LogP contribution in [0.15, 0.2) is 36.4 Å². The van der Waals surface area contributed by atoms with E-state index >= 15 is 0 Å². The van der Waals surface area contributed by atoms with Gasteiger partial charge in [0.15, 0.2) is 0 Å². The normalized spacial score (nSPS) is 11.4. The zero-order chi connectivity index (χ0) is 14.0. The summed E-state index contributed by atoms with van der Waals surface area (Å²) >= 11 is 0. The van der Waals surface area contributed by atoms with Crippen LogP contribution in [-0.4, -0.2) is 29.6 Å². The van der Waals surface area contributed by atoms with Gasteiger partial charge >= 0.3 is 10.1 Å². The molecule has 19 heavy (non-hydrogen) atoms. The van der Waals surface area contributed by atoms with E-state index in [4.69, 9.17) is 0 Å². The molecule has 0 saturated carbocycles. The first-order valence-electron chi connectivity index (χ1n) is 5.43. The summed E-state index contributed by atoms with van der Waals surface area (Å²) in [6.45, 7) is 0. The average Bonchev–Trinajstić information content (AvgIpc) is 2.57. The quantitative estimate of drug-likeness (QED) is 0.869. The molecule has 0 bridgehead atoms. The van der Waals surface area contributed by atoms with Gasteiger partial charge in [0.25, 0.3) is 0 Å². The van der Waals surface area contributed by atoms with E-state index in [0.29, 0.717) is 16.7 Å². The smallest absolute Gasteiger partial charge is 0.324 e. The molecule has 0 aliphatic carbocycles. The van der Waals surface area contributed by atoms with Gasteiger partial charge < -0.3 is 10.2 Å². The minimum Gasteiger partial charge on any atom is -0.492 e. The topological polar surface area (TPSA) is 88.8 Å². The molecular formula is C12H13NO5S. The highest BCUT2D eigenvalue weighted by Gasteiger charge is 2.18. The first-order chi connectivity index (χ1) is 8.87. The van der Waals surface area contributed by atoms with Gasteiger partial charge in [0.2, 0.25) is 11.8 Å². The minimum atomic E-state index is -3.84. The summed E-state index contributed by atoms with van der Waals surface area (Å²) in [5.74, 6) is -0.916. The van der Waals surface area contributed by atoms with E-state index in [9.17, 15) is 18.6 Å². The maximum Gasteiger partial charge on any atom is 0.324 e. The monoisotopic (exact) mass is 283 g/mol. The average molecular weight is 283 g/mol. The molecule has 1 heterocycles. The third-order valence-corrected chi connectivity index (χ3v) is 2.86. The molecule has 0 aliphatic heterocycles. The van der Waals surface area contributed by atoms with Crippen molar-refractivity contribution in [3.63, 3.8) is 0 Å². The third-order valence-electron chi connectivity index (χ3n) is 2.44. The Bertz CT molecular complexity index is 676. The summed E-state index contributed by atoms with van der Waals surface area (Å²) in [6, 6.07) is 10.5. The van der Waals surface area contributed by atoms with Crippen molar-refractivity contribution in [2.45, 2.75) is 6.42 Å². The van der Waals surface area contributed by atoms with E-state index in [2.05, 4.69) is 4.28 Å². The zero-order valence-electron chi connectivity index (χ0n) is 10.1. The SMILES string of the molecule is CS(=O)(=O)On1c(O)cc(Cc2ccccc2)c1O. The van der Waals surface area contributed by atoms with Crippen molar-refractivity contribution >= 4 is 10.1 Å². The summed E-state index contributed by atoms with van der Waals surface area (Å²) in [4.78, 5) is 0. The molecule has 0 spiro atoms. The lowest BCUT2D eigenvalue weighted by Crippen LogP contribution is -2.17. The molecule has 2 aromatic rings. The molecule has 7 heteroatoms. The second-order valence-corrected chi connectivity index (χ2v) is 5.64. The molecule has 0 unspecified atom stereocenters. The maximum absolute atomic E-state index is 11.0. The molecule has 0 amide bonds.